The molecule has 3 nitrogen and oxygen atoms in total. The Labute approximate surface area is 124 Å². The van der Waals surface area contributed by atoms with Gasteiger partial charge in [-0.25, -0.2) is 0 Å². The predicted octanol–water partition coefficient (Wildman–Crippen LogP) is 3.86. The number of anilines is 1. The van der Waals surface area contributed by atoms with E-state index in [1.807, 2.05) is 45.9 Å². The van der Waals surface area contributed by atoms with Gasteiger partial charge in [0.15, 0.2) is 0 Å². The van der Waals surface area contributed by atoms with Crippen LogP contribution in [0.4, 0.5) is 5.69 Å². The van der Waals surface area contributed by atoms with Gasteiger partial charge in [-0.15, -0.1) is 0 Å². The molecular formula is C15H23BrN2O. The van der Waals surface area contributed by atoms with E-state index >= 15 is 0 Å². The molecule has 0 heterocycles. The van der Waals surface area contributed by atoms with Crippen LogP contribution in [0.5, 0.6) is 0 Å². The van der Waals surface area contributed by atoms with Crippen molar-refractivity contribution in [2.45, 2.75) is 52.6 Å². The molecule has 2 N–H and O–H groups in total. The lowest BCUT2D eigenvalue weighted by Crippen LogP contribution is -2.48. The summed E-state index contributed by atoms with van der Waals surface area (Å²) in [4.78, 5) is 12.1. The summed E-state index contributed by atoms with van der Waals surface area (Å²) in [5.41, 5.74) is 1.95. The van der Waals surface area contributed by atoms with E-state index in [4.69, 9.17) is 0 Å². The first kappa shape index (κ1) is 16.0. The van der Waals surface area contributed by atoms with Crippen molar-refractivity contribution in [3.05, 3.63) is 28.2 Å². The fourth-order valence-corrected chi connectivity index (χ4v) is 1.91. The maximum absolute atomic E-state index is 12.1. The van der Waals surface area contributed by atoms with Gasteiger partial charge in [0.05, 0.1) is 0 Å². The first-order valence-corrected chi connectivity index (χ1v) is 7.39. The number of nitrogens with one attached hydrogen (secondary N) is 2. The molecule has 0 radical (unpaired) electrons. The van der Waals surface area contributed by atoms with E-state index in [0.29, 0.717) is 0 Å². The average Bonchev–Trinajstić information content (AvgIpc) is 2.33. The maximum atomic E-state index is 12.1. The second-order valence-electron chi connectivity index (χ2n) is 5.56. The van der Waals surface area contributed by atoms with Gasteiger partial charge >= 0.3 is 0 Å². The quantitative estimate of drug-likeness (QED) is 0.862. The highest BCUT2D eigenvalue weighted by Gasteiger charge is 2.21. The van der Waals surface area contributed by atoms with Gasteiger partial charge in [0.2, 0.25) is 5.91 Å². The second-order valence-corrected chi connectivity index (χ2v) is 6.41. The SMILES string of the molecule is CCC(C)(C)NC(=O)C(C)Nc1ccc(C)c(Br)c1. The van der Waals surface area contributed by atoms with E-state index < -0.39 is 0 Å². The third-order valence-corrected chi connectivity index (χ3v) is 4.15. The van der Waals surface area contributed by atoms with Crippen LogP contribution in [0.1, 0.15) is 39.7 Å². The zero-order valence-corrected chi connectivity index (χ0v) is 13.9. The third-order valence-electron chi connectivity index (χ3n) is 3.29. The summed E-state index contributed by atoms with van der Waals surface area (Å²) in [5.74, 6) is 0.0172. The molecule has 0 fully saturated rings. The molecule has 1 amide bonds. The molecule has 0 saturated carbocycles. The molecule has 1 rings (SSSR count). The largest absolute Gasteiger partial charge is 0.374 e. The molecule has 0 aliphatic rings. The van der Waals surface area contributed by atoms with E-state index in [2.05, 4.69) is 33.5 Å². The summed E-state index contributed by atoms with van der Waals surface area (Å²) in [6.45, 7) is 10.0. The van der Waals surface area contributed by atoms with Crippen molar-refractivity contribution < 1.29 is 4.79 Å². The van der Waals surface area contributed by atoms with Crippen molar-refractivity contribution in [1.29, 1.82) is 0 Å². The average molecular weight is 327 g/mol. The molecule has 4 heteroatoms. The normalized spacial score (nSPS) is 12.9. The van der Waals surface area contributed by atoms with Crippen molar-refractivity contribution in [3.63, 3.8) is 0 Å². The molecule has 0 aliphatic carbocycles. The Balaban J connectivity index is 2.66. The molecule has 1 aromatic rings. The van der Waals surface area contributed by atoms with E-state index in [1.54, 1.807) is 0 Å². The summed E-state index contributed by atoms with van der Waals surface area (Å²) in [6, 6.07) is 5.73. The maximum Gasteiger partial charge on any atom is 0.242 e. The van der Waals surface area contributed by atoms with Crippen molar-refractivity contribution in [2.75, 3.05) is 5.32 Å². The summed E-state index contributed by atoms with van der Waals surface area (Å²) >= 11 is 3.49. The van der Waals surface area contributed by atoms with Crippen molar-refractivity contribution in [1.82, 2.24) is 5.32 Å². The lowest BCUT2D eigenvalue weighted by Gasteiger charge is -2.27. The molecule has 1 aromatic carbocycles. The van der Waals surface area contributed by atoms with Crippen molar-refractivity contribution in [2.24, 2.45) is 0 Å². The first-order valence-electron chi connectivity index (χ1n) is 6.60. The van der Waals surface area contributed by atoms with Crippen LogP contribution < -0.4 is 10.6 Å². The Bertz CT molecular complexity index is 457. The van der Waals surface area contributed by atoms with Gasteiger partial charge in [0, 0.05) is 15.7 Å². The molecule has 19 heavy (non-hydrogen) atoms. The van der Waals surface area contributed by atoms with Gasteiger partial charge in [-0.2, -0.15) is 0 Å². The number of hydrogen-bond donors (Lipinski definition) is 2. The minimum atomic E-state index is -0.263. The monoisotopic (exact) mass is 326 g/mol. The summed E-state index contributed by atoms with van der Waals surface area (Å²) < 4.78 is 1.04. The standard InChI is InChI=1S/C15H23BrN2O/c1-6-15(4,5)18-14(19)11(3)17-12-8-7-10(2)13(16)9-12/h7-9,11,17H,6H2,1-5H3,(H,18,19). The Kier molecular flexibility index (Phi) is 5.41. The number of amides is 1. The van der Waals surface area contributed by atoms with Crippen LogP contribution in [0.3, 0.4) is 0 Å². The first-order chi connectivity index (χ1) is 8.75. The van der Waals surface area contributed by atoms with Crippen LogP contribution >= 0.6 is 15.9 Å². The smallest absolute Gasteiger partial charge is 0.242 e. The molecule has 0 saturated heterocycles. The minimum Gasteiger partial charge on any atom is -0.374 e. The van der Waals surface area contributed by atoms with E-state index in [-0.39, 0.29) is 17.5 Å². The van der Waals surface area contributed by atoms with E-state index in [0.717, 1.165) is 16.6 Å². The predicted molar refractivity (Wildman–Crippen MR) is 84.5 cm³/mol. The van der Waals surface area contributed by atoms with Crippen LogP contribution in [-0.4, -0.2) is 17.5 Å². The molecule has 1 atom stereocenters. The number of rotatable bonds is 5. The van der Waals surface area contributed by atoms with Crippen molar-refractivity contribution in [3.8, 4) is 0 Å². The van der Waals surface area contributed by atoms with Gasteiger partial charge in [-0.05, 0) is 51.8 Å². The Morgan fingerprint density at radius 1 is 1.42 bits per heavy atom. The lowest BCUT2D eigenvalue weighted by molar-refractivity contribution is -0.123. The number of carbonyl (C=O) groups excluding carboxylic acids is 1. The van der Waals surface area contributed by atoms with Gasteiger partial charge in [0.1, 0.15) is 6.04 Å². The van der Waals surface area contributed by atoms with E-state index in [9.17, 15) is 4.79 Å². The highest BCUT2D eigenvalue weighted by atomic mass is 79.9. The van der Waals surface area contributed by atoms with Crippen LogP contribution in [0, 0.1) is 6.92 Å². The van der Waals surface area contributed by atoms with Crippen molar-refractivity contribution >= 4 is 27.5 Å². The summed E-state index contributed by atoms with van der Waals surface area (Å²) in [7, 11) is 0. The Hall–Kier alpha value is -1.03. The molecule has 0 bridgehead atoms. The van der Waals surface area contributed by atoms with Crippen LogP contribution in [0.2, 0.25) is 0 Å². The molecular weight excluding hydrogens is 304 g/mol. The summed E-state index contributed by atoms with van der Waals surface area (Å²) in [5, 5.41) is 6.25. The number of carbonyl (C=O) groups is 1. The number of hydrogen-bond acceptors (Lipinski definition) is 2. The molecule has 1 unspecified atom stereocenters. The van der Waals surface area contributed by atoms with Crippen LogP contribution in [-0.2, 0) is 4.79 Å². The summed E-state index contributed by atoms with van der Waals surface area (Å²) in [6.07, 6.45) is 0.904. The van der Waals surface area contributed by atoms with E-state index in [1.165, 1.54) is 5.56 Å². The highest BCUT2D eigenvalue weighted by Crippen LogP contribution is 2.21. The van der Waals surface area contributed by atoms with Gasteiger partial charge in [0.25, 0.3) is 0 Å². The van der Waals surface area contributed by atoms with Crippen LogP contribution in [0.25, 0.3) is 0 Å². The molecule has 0 aliphatic heterocycles. The fourth-order valence-electron chi connectivity index (χ4n) is 1.53. The van der Waals surface area contributed by atoms with Gasteiger partial charge < -0.3 is 10.6 Å². The van der Waals surface area contributed by atoms with Gasteiger partial charge in [-0.3, -0.25) is 4.79 Å². The zero-order chi connectivity index (χ0) is 14.6. The Morgan fingerprint density at radius 2 is 2.05 bits per heavy atom. The number of aryl methyl sites for hydroxylation is 1. The fraction of sp³-hybridized carbons (Fsp3) is 0.533. The molecule has 106 valence electrons. The highest BCUT2D eigenvalue weighted by molar-refractivity contribution is 9.10. The minimum absolute atomic E-state index is 0.0172. The number of benzene rings is 1. The lowest BCUT2D eigenvalue weighted by atomic mass is 10.0. The molecule has 0 aromatic heterocycles. The van der Waals surface area contributed by atoms with Gasteiger partial charge in [-0.1, -0.05) is 28.9 Å². The van der Waals surface area contributed by atoms with Crippen LogP contribution in [0.15, 0.2) is 22.7 Å². The second kappa shape index (κ2) is 6.42. The third kappa shape index (κ3) is 4.86. The Morgan fingerprint density at radius 3 is 2.58 bits per heavy atom. The molecule has 0 spiro atoms. The number of halogens is 1. The topological polar surface area (TPSA) is 41.1 Å². The zero-order valence-electron chi connectivity index (χ0n) is 12.3.